The third-order valence-electron chi connectivity index (χ3n) is 6.04. The number of nitrogens with zero attached hydrogens (tertiary/aromatic N) is 1. The fraction of sp³-hybridized carbons (Fsp3) is 0.871. The highest BCUT2D eigenvalue weighted by Crippen LogP contribution is 2.54. The Bertz CT molecular complexity index is 577. The lowest BCUT2D eigenvalue weighted by atomic mass is 10.2. The Balaban J connectivity index is 4.81. The van der Waals surface area contributed by atoms with Crippen LogP contribution in [0, 0.1) is 23.7 Å². The van der Waals surface area contributed by atoms with Gasteiger partial charge in [-0.1, -0.05) is 52.4 Å². The Morgan fingerprint density at radius 3 is 1.56 bits per heavy atom. The fourth-order valence-electron chi connectivity index (χ4n) is 3.77. The van der Waals surface area contributed by atoms with E-state index in [-0.39, 0.29) is 12.2 Å². The Morgan fingerprint density at radius 2 is 1.11 bits per heavy atom. The lowest BCUT2D eigenvalue weighted by Gasteiger charge is -2.40. The van der Waals surface area contributed by atoms with Crippen LogP contribution in [-0.4, -0.2) is 50.6 Å². The van der Waals surface area contributed by atoms with Crippen LogP contribution in [0.1, 0.15) is 130 Å². The minimum absolute atomic E-state index is 0.0594. The van der Waals surface area contributed by atoms with Crippen LogP contribution in [0.4, 0.5) is 0 Å². The van der Waals surface area contributed by atoms with Crippen molar-refractivity contribution in [2.24, 2.45) is 0 Å². The van der Waals surface area contributed by atoms with E-state index in [4.69, 9.17) is 12.5 Å². The molecule has 2 unspecified atom stereocenters. The molecule has 2 atom stereocenters. The number of hydrogen-bond acceptors (Lipinski definition) is 4. The maximum atomic E-state index is 6.55. The molecule has 0 radical (unpaired) electrons. The minimum Gasteiger partial charge on any atom is -0.309 e. The van der Waals surface area contributed by atoms with Crippen LogP contribution in [0.15, 0.2) is 0 Å². The number of hydrogen-bond donors (Lipinski definition) is 0. The first-order valence-electron chi connectivity index (χ1n) is 14.7. The van der Waals surface area contributed by atoms with Crippen molar-refractivity contribution >= 4 is 10.9 Å². The second-order valence-corrected chi connectivity index (χ2v) is 12.4. The van der Waals surface area contributed by atoms with Crippen molar-refractivity contribution in [3.63, 3.8) is 0 Å². The summed E-state index contributed by atoms with van der Waals surface area (Å²) in [4.78, 5) is 2.25. The van der Waals surface area contributed by atoms with Crippen LogP contribution < -0.4 is 0 Å². The highest BCUT2D eigenvalue weighted by molar-refractivity contribution is 8.21. The molecule has 212 valence electrons. The summed E-state index contributed by atoms with van der Waals surface area (Å²) in [7, 11) is 3.97. The largest absolute Gasteiger partial charge is 0.309 e. The van der Waals surface area contributed by atoms with Gasteiger partial charge in [-0.25, -0.2) is 0 Å². The van der Waals surface area contributed by atoms with Crippen LogP contribution in [-0.2, 0) is 12.5 Å². The molecule has 0 saturated carbocycles. The predicted octanol–water partition coefficient (Wildman–Crippen LogP) is 8.84. The molecule has 0 aliphatic rings. The van der Waals surface area contributed by atoms with Gasteiger partial charge in [0.1, 0.15) is 0 Å². The molecule has 0 bridgehead atoms. The van der Waals surface area contributed by atoms with Crippen LogP contribution in [0.3, 0.4) is 0 Å². The topological polar surface area (TPSA) is 30.9 Å². The van der Waals surface area contributed by atoms with Crippen molar-refractivity contribution < 1.29 is 12.5 Å². The second-order valence-electron chi connectivity index (χ2n) is 10.2. The SMILES string of the molecule is CCCCCC#CCCC(C)OS(CCCCCCN(C)C)(OC)OC(C)CCC#CCCCCC. The van der Waals surface area contributed by atoms with Crippen molar-refractivity contribution in [3.8, 4) is 23.7 Å². The van der Waals surface area contributed by atoms with Crippen molar-refractivity contribution in [2.45, 2.75) is 143 Å². The monoisotopic (exact) mass is 525 g/mol. The molecule has 0 fully saturated rings. The zero-order chi connectivity index (χ0) is 26.9. The predicted molar refractivity (Wildman–Crippen MR) is 160 cm³/mol. The summed E-state index contributed by atoms with van der Waals surface area (Å²) < 4.78 is 19.1. The maximum Gasteiger partial charge on any atom is 0.0890 e. The van der Waals surface area contributed by atoms with Crippen molar-refractivity contribution in [1.29, 1.82) is 0 Å². The molecule has 0 aliphatic carbocycles. The van der Waals surface area contributed by atoms with E-state index in [1.807, 2.05) is 0 Å². The first kappa shape index (κ1) is 35.3. The molecule has 0 aromatic carbocycles. The molecule has 36 heavy (non-hydrogen) atoms. The summed E-state index contributed by atoms with van der Waals surface area (Å²) in [6.45, 7) is 9.86. The van der Waals surface area contributed by atoms with Gasteiger partial charge in [-0.3, -0.25) is 12.5 Å². The molecule has 0 rings (SSSR count). The third-order valence-corrected chi connectivity index (χ3v) is 8.58. The maximum absolute atomic E-state index is 6.55. The van der Waals surface area contributed by atoms with Gasteiger partial charge in [-0.2, -0.15) is 0 Å². The molecule has 0 saturated heterocycles. The molecule has 0 N–H and O–H groups in total. The van der Waals surface area contributed by atoms with Crippen molar-refractivity contribution in [1.82, 2.24) is 4.90 Å². The minimum atomic E-state index is -2.05. The van der Waals surface area contributed by atoms with E-state index in [2.05, 4.69) is 70.4 Å². The molecule has 4 nitrogen and oxygen atoms in total. The highest BCUT2D eigenvalue weighted by atomic mass is 32.3. The van der Waals surface area contributed by atoms with Crippen LogP contribution in [0.2, 0.25) is 0 Å². The van der Waals surface area contributed by atoms with E-state index >= 15 is 0 Å². The van der Waals surface area contributed by atoms with Gasteiger partial charge in [-0.05, 0) is 73.0 Å². The molecule has 0 aromatic rings. The quantitative estimate of drug-likeness (QED) is 0.104. The van der Waals surface area contributed by atoms with Gasteiger partial charge in [0, 0.05) is 31.4 Å². The van der Waals surface area contributed by atoms with Gasteiger partial charge in [-0.15, -0.1) is 23.7 Å². The summed E-state index contributed by atoms with van der Waals surface area (Å²) in [6.07, 6.45) is 17.8. The van der Waals surface area contributed by atoms with Gasteiger partial charge in [0.25, 0.3) is 0 Å². The number of unbranched alkanes of at least 4 members (excludes halogenated alkanes) is 9. The summed E-state index contributed by atoms with van der Waals surface area (Å²) in [5.74, 6) is 14.1. The van der Waals surface area contributed by atoms with Gasteiger partial charge in [0.05, 0.1) is 30.2 Å². The average Bonchev–Trinajstić information content (AvgIpc) is 2.84. The molecule has 0 amide bonds. The zero-order valence-corrected chi connectivity index (χ0v) is 25.8. The molecule has 0 spiro atoms. The van der Waals surface area contributed by atoms with Gasteiger partial charge < -0.3 is 4.90 Å². The smallest absolute Gasteiger partial charge is 0.0890 e. The normalized spacial score (nSPS) is 15.3. The Hall–Kier alpha value is -0.690. The Labute approximate surface area is 227 Å². The highest BCUT2D eigenvalue weighted by Gasteiger charge is 2.30. The van der Waals surface area contributed by atoms with Crippen molar-refractivity contribution in [3.05, 3.63) is 0 Å². The molecular formula is C31H59NO3S. The Morgan fingerprint density at radius 1 is 0.639 bits per heavy atom. The lowest BCUT2D eigenvalue weighted by Crippen LogP contribution is -2.24. The van der Waals surface area contributed by atoms with Gasteiger partial charge in [0.15, 0.2) is 0 Å². The van der Waals surface area contributed by atoms with E-state index in [0.29, 0.717) is 0 Å². The van der Waals surface area contributed by atoms with E-state index in [1.165, 1.54) is 57.8 Å². The molecular weight excluding hydrogens is 466 g/mol. The van der Waals surface area contributed by atoms with E-state index in [1.54, 1.807) is 7.11 Å². The fourth-order valence-corrected chi connectivity index (χ4v) is 6.08. The number of rotatable bonds is 22. The van der Waals surface area contributed by atoms with E-state index in [9.17, 15) is 0 Å². The summed E-state index contributed by atoms with van der Waals surface area (Å²) in [5, 5.41) is 0. The van der Waals surface area contributed by atoms with Crippen molar-refractivity contribution in [2.75, 3.05) is 33.5 Å². The van der Waals surface area contributed by atoms with Crippen LogP contribution in [0.5, 0.6) is 0 Å². The molecule has 5 heteroatoms. The molecule has 0 aliphatic heterocycles. The van der Waals surface area contributed by atoms with Crippen LogP contribution in [0.25, 0.3) is 0 Å². The summed E-state index contributed by atoms with van der Waals surface area (Å²) in [6, 6.07) is 0. The first-order valence-corrected chi connectivity index (χ1v) is 16.3. The first-order chi connectivity index (χ1) is 17.4. The zero-order valence-electron chi connectivity index (χ0n) is 25.0. The molecule has 0 aromatic heterocycles. The van der Waals surface area contributed by atoms with Gasteiger partial charge >= 0.3 is 0 Å². The van der Waals surface area contributed by atoms with E-state index in [0.717, 1.165) is 57.2 Å². The van der Waals surface area contributed by atoms with E-state index < -0.39 is 10.9 Å². The average molecular weight is 526 g/mol. The van der Waals surface area contributed by atoms with Crippen LogP contribution >= 0.6 is 10.9 Å². The summed E-state index contributed by atoms with van der Waals surface area (Å²) in [5.41, 5.74) is 0. The summed E-state index contributed by atoms with van der Waals surface area (Å²) >= 11 is 0. The standard InChI is InChI=1S/C31H59NO3S/c1-8-10-12-14-16-18-22-26-30(3)34-36(33-7,29-25-21-20-24-28-32(5)6)35-31(4)27-23-19-17-15-13-11-9-2/h30-31H,8-15,20-29H2,1-7H3. The third kappa shape index (κ3) is 21.4. The second kappa shape index (κ2) is 24.6. The lowest BCUT2D eigenvalue weighted by molar-refractivity contribution is 0.115. The molecule has 0 heterocycles. The van der Waals surface area contributed by atoms with Gasteiger partial charge in [0.2, 0.25) is 0 Å². The Kier molecular flexibility index (Phi) is 24.2.